The number of aryl methyl sites for hydroxylation is 1. The lowest BCUT2D eigenvalue weighted by molar-refractivity contribution is 0.0992. The van der Waals surface area contributed by atoms with Crippen LogP contribution in [-0.2, 0) is 13.5 Å². The second-order valence-electron chi connectivity index (χ2n) is 4.10. The summed E-state index contributed by atoms with van der Waals surface area (Å²) in [5.41, 5.74) is 2.03. The summed E-state index contributed by atoms with van der Waals surface area (Å²) in [6, 6.07) is 4.33. The first-order valence-corrected chi connectivity index (χ1v) is 6.24. The van der Waals surface area contributed by atoms with Crippen LogP contribution in [0.25, 0.3) is 0 Å². The minimum atomic E-state index is -0.344. The maximum absolute atomic E-state index is 13.1. The Kier molecular flexibility index (Phi) is 3.61. The number of hydrogen-bond acceptors (Lipinski definition) is 2. The van der Waals surface area contributed by atoms with E-state index in [2.05, 4.69) is 21.0 Å². The molecule has 1 aromatic carbocycles. The van der Waals surface area contributed by atoms with Gasteiger partial charge in [-0.3, -0.25) is 9.48 Å². The minimum absolute atomic E-state index is 0.0631. The normalized spacial score (nSPS) is 10.7. The molecular weight excluding hydrogens is 299 g/mol. The molecule has 3 nitrogen and oxygen atoms in total. The Hall–Kier alpha value is -1.49. The van der Waals surface area contributed by atoms with Gasteiger partial charge >= 0.3 is 0 Å². The summed E-state index contributed by atoms with van der Waals surface area (Å²) < 4.78 is 15.5. The molecule has 0 fully saturated rings. The number of ketones is 1. The van der Waals surface area contributed by atoms with Gasteiger partial charge in [0.1, 0.15) is 5.82 Å². The second kappa shape index (κ2) is 5.02. The van der Waals surface area contributed by atoms with Gasteiger partial charge < -0.3 is 0 Å². The predicted molar refractivity (Wildman–Crippen MR) is 70.1 cm³/mol. The zero-order valence-corrected chi connectivity index (χ0v) is 11.7. The molecule has 2 aromatic rings. The van der Waals surface area contributed by atoms with Crippen LogP contribution < -0.4 is 0 Å². The van der Waals surface area contributed by atoms with Crippen LogP contribution in [0.2, 0.25) is 0 Å². The van der Waals surface area contributed by atoms with Crippen LogP contribution in [0.1, 0.15) is 21.6 Å². The predicted octanol–water partition coefficient (Wildman–Crippen LogP) is 3.06. The fourth-order valence-electron chi connectivity index (χ4n) is 1.72. The third kappa shape index (κ3) is 2.51. The van der Waals surface area contributed by atoms with Gasteiger partial charge in [-0.05, 0) is 30.7 Å². The molecule has 2 rings (SSSR count). The third-order valence-electron chi connectivity index (χ3n) is 2.89. The smallest absolute Gasteiger partial charge is 0.170 e. The largest absolute Gasteiger partial charge is 0.294 e. The number of nitrogens with zero attached hydrogens (tertiary/aromatic N) is 2. The summed E-state index contributed by atoms with van der Waals surface area (Å²) in [6.07, 6.45) is 1.70. The Bertz CT molecular complexity index is 607. The first-order chi connectivity index (χ1) is 8.49. The lowest BCUT2D eigenvalue weighted by Crippen LogP contribution is -2.06. The van der Waals surface area contributed by atoms with E-state index in [1.807, 2.05) is 6.92 Å². The lowest BCUT2D eigenvalue weighted by atomic mass is 10.0. The van der Waals surface area contributed by atoms with Crippen molar-refractivity contribution in [1.29, 1.82) is 0 Å². The highest BCUT2D eigenvalue weighted by Gasteiger charge is 2.15. The van der Waals surface area contributed by atoms with Gasteiger partial charge in [0.25, 0.3) is 0 Å². The maximum atomic E-state index is 13.1. The highest BCUT2D eigenvalue weighted by atomic mass is 79.9. The molecule has 0 saturated heterocycles. The van der Waals surface area contributed by atoms with Crippen molar-refractivity contribution in [3.8, 4) is 0 Å². The van der Waals surface area contributed by atoms with Crippen molar-refractivity contribution >= 4 is 21.7 Å². The summed E-state index contributed by atoms with van der Waals surface area (Å²) in [6.45, 7) is 1.83. The second-order valence-corrected chi connectivity index (χ2v) is 4.96. The molecule has 0 bridgehead atoms. The van der Waals surface area contributed by atoms with Gasteiger partial charge in [0.15, 0.2) is 5.78 Å². The molecule has 1 aromatic heterocycles. The molecule has 0 radical (unpaired) electrons. The van der Waals surface area contributed by atoms with E-state index >= 15 is 0 Å². The molecule has 0 atom stereocenters. The summed E-state index contributed by atoms with van der Waals surface area (Å²) in [5.74, 6) is -0.407. The van der Waals surface area contributed by atoms with E-state index in [1.54, 1.807) is 24.0 Å². The lowest BCUT2D eigenvalue weighted by Gasteiger charge is -2.04. The van der Waals surface area contributed by atoms with Crippen molar-refractivity contribution in [1.82, 2.24) is 9.78 Å². The molecule has 0 aliphatic rings. The maximum Gasteiger partial charge on any atom is 0.170 e. The topological polar surface area (TPSA) is 34.9 Å². The molecular formula is C13H12BrFN2O. The summed E-state index contributed by atoms with van der Waals surface area (Å²) >= 11 is 3.32. The summed E-state index contributed by atoms with van der Waals surface area (Å²) in [5, 5.41) is 4.03. The van der Waals surface area contributed by atoms with Crippen LogP contribution >= 0.6 is 15.9 Å². The minimum Gasteiger partial charge on any atom is -0.294 e. The number of hydrogen-bond donors (Lipinski definition) is 0. The Morgan fingerprint density at radius 1 is 1.50 bits per heavy atom. The van der Waals surface area contributed by atoms with Gasteiger partial charge in [-0.2, -0.15) is 5.10 Å². The van der Waals surface area contributed by atoms with E-state index in [0.717, 1.165) is 10.2 Å². The van der Waals surface area contributed by atoms with Crippen molar-refractivity contribution < 1.29 is 9.18 Å². The number of carbonyl (C=O) groups is 1. The van der Waals surface area contributed by atoms with Crippen LogP contribution in [0.3, 0.4) is 0 Å². The molecule has 0 aliphatic carbocycles. The SMILES string of the molecule is Cc1c(C(=O)Cc2cc(F)ccc2Br)cnn1C. The quantitative estimate of drug-likeness (QED) is 0.817. The van der Waals surface area contributed by atoms with Gasteiger partial charge in [-0.15, -0.1) is 0 Å². The fourth-order valence-corrected chi connectivity index (χ4v) is 2.11. The monoisotopic (exact) mass is 310 g/mol. The van der Waals surface area contributed by atoms with Crippen LogP contribution in [0.5, 0.6) is 0 Å². The molecule has 0 amide bonds. The average Bonchev–Trinajstić information content (AvgIpc) is 2.65. The van der Waals surface area contributed by atoms with Crippen LogP contribution in [0.4, 0.5) is 4.39 Å². The molecule has 0 aliphatic heterocycles. The van der Waals surface area contributed by atoms with E-state index in [9.17, 15) is 9.18 Å². The Morgan fingerprint density at radius 2 is 2.22 bits per heavy atom. The third-order valence-corrected chi connectivity index (χ3v) is 3.67. The molecule has 5 heteroatoms. The summed E-state index contributed by atoms with van der Waals surface area (Å²) in [4.78, 5) is 12.1. The standard InChI is InChI=1S/C13H12BrFN2O/c1-8-11(7-16-17(8)2)13(18)6-9-5-10(15)3-4-12(9)14/h3-5,7H,6H2,1-2H3. The highest BCUT2D eigenvalue weighted by molar-refractivity contribution is 9.10. The van der Waals surface area contributed by atoms with Crippen molar-refractivity contribution in [3.05, 3.63) is 51.5 Å². The van der Waals surface area contributed by atoms with E-state index in [4.69, 9.17) is 0 Å². The van der Waals surface area contributed by atoms with Gasteiger partial charge in [0, 0.05) is 23.6 Å². The van der Waals surface area contributed by atoms with Gasteiger partial charge in [0.2, 0.25) is 0 Å². The number of halogens is 2. The molecule has 0 unspecified atom stereocenters. The molecule has 1 heterocycles. The van der Waals surface area contributed by atoms with E-state index in [-0.39, 0.29) is 18.0 Å². The Balaban J connectivity index is 2.27. The number of carbonyl (C=O) groups excluding carboxylic acids is 1. The summed E-state index contributed by atoms with van der Waals surface area (Å²) in [7, 11) is 1.78. The first kappa shape index (κ1) is 13.0. The number of Topliss-reactive ketones (excluding diaryl/α,β-unsaturated/α-hetero) is 1. The highest BCUT2D eigenvalue weighted by Crippen LogP contribution is 2.20. The zero-order valence-electron chi connectivity index (χ0n) is 10.1. The van der Waals surface area contributed by atoms with Crippen molar-refractivity contribution in [2.75, 3.05) is 0 Å². The number of benzene rings is 1. The van der Waals surface area contributed by atoms with E-state index < -0.39 is 0 Å². The molecule has 94 valence electrons. The van der Waals surface area contributed by atoms with E-state index in [0.29, 0.717) is 11.1 Å². The van der Waals surface area contributed by atoms with Gasteiger partial charge in [0.05, 0.1) is 11.8 Å². The van der Waals surface area contributed by atoms with Crippen molar-refractivity contribution in [2.24, 2.45) is 7.05 Å². The van der Waals surface area contributed by atoms with Crippen LogP contribution in [-0.4, -0.2) is 15.6 Å². The van der Waals surface area contributed by atoms with Gasteiger partial charge in [-0.1, -0.05) is 15.9 Å². The number of rotatable bonds is 3. The molecule has 0 spiro atoms. The van der Waals surface area contributed by atoms with Crippen molar-refractivity contribution in [3.63, 3.8) is 0 Å². The van der Waals surface area contributed by atoms with Crippen molar-refractivity contribution in [2.45, 2.75) is 13.3 Å². The van der Waals surface area contributed by atoms with Crippen LogP contribution in [0, 0.1) is 12.7 Å². The van der Waals surface area contributed by atoms with E-state index in [1.165, 1.54) is 12.1 Å². The average molecular weight is 311 g/mol. The molecule has 18 heavy (non-hydrogen) atoms. The van der Waals surface area contributed by atoms with Gasteiger partial charge in [-0.25, -0.2) is 4.39 Å². The van der Waals surface area contributed by atoms with Crippen LogP contribution in [0.15, 0.2) is 28.9 Å². The molecule has 0 N–H and O–H groups in total. The number of aromatic nitrogens is 2. The Morgan fingerprint density at radius 3 is 2.83 bits per heavy atom. The first-order valence-electron chi connectivity index (χ1n) is 5.44. The fraction of sp³-hybridized carbons (Fsp3) is 0.231. The Labute approximate surface area is 113 Å². The zero-order chi connectivity index (χ0) is 13.3. The molecule has 0 saturated carbocycles.